The maximum absolute atomic E-state index is 13.9. The Morgan fingerprint density at radius 1 is 1.25 bits per heavy atom. The number of hydrogen-bond donors (Lipinski definition) is 1. The zero-order chi connectivity index (χ0) is 19.7. The number of thioether (sulfide) groups is 1. The smallest absolute Gasteiger partial charge is 0.260 e. The highest BCUT2D eigenvalue weighted by Crippen LogP contribution is 2.51. The minimum atomic E-state index is -0.656. The summed E-state index contributed by atoms with van der Waals surface area (Å²) in [5, 5.41) is 6.58. The molecule has 1 aliphatic heterocycles. The number of nitrogens with zero attached hydrogens (tertiary/aromatic N) is 3. The summed E-state index contributed by atoms with van der Waals surface area (Å²) in [6.07, 6.45) is 7.99. The van der Waals surface area contributed by atoms with Crippen LogP contribution in [0.4, 0.5) is 10.2 Å². The first-order valence-electron chi connectivity index (χ1n) is 8.70. The van der Waals surface area contributed by atoms with E-state index in [0.717, 1.165) is 22.4 Å². The summed E-state index contributed by atoms with van der Waals surface area (Å²) in [7, 11) is 0. The molecule has 1 amide bonds. The number of aromatic nitrogens is 3. The van der Waals surface area contributed by atoms with Gasteiger partial charge in [0, 0.05) is 28.6 Å². The van der Waals surface area contributed by atoms with Gasteiger partial charge in [-0.1, -0.05) is 24.2 Å². The third kappa shape index (κ3) is 3.55. The summed E-state index contributed by atoms with van der Waals surface area (Å²) >= 11 is 1.69. The van der Waals surface area contributed by atoms with Crippen LogP contribution < -0.4 is 5.32 Å². The molecule has 2 unspecified atom stereocenters. The molecule has 0 spiro atoms. The normalized spacial score (nSPS) is 18.8. The molecule has 28 heavy (non-hydrogen) atoms. The van der Waals surface area contributed by atoms with Crippen molar-refractivity contribution in [2.45, 2.75) is 19.1 Å². The van der Waals surface area contributed by atoms with E-state index >= 15 is 0 Å². The number of halogens is 1. The summed E-state index contributed by atoms with van der Waals surface area (Å²) < 4.78 is 19.1. The van der Waals surface area contributed by atoms with Crippen molar-refractivity contribution in [3.63, 3.8) is 0 Å². The molecule has 142 valence electrons. The largest absolute Gasteiger partial charge is 0.356 e. The van der Waals surface area contributed by atoms with Crippen molar-refractivity contribution < 1.29 is 13.7 Å². The van der Waals surface area contributed by atoms with E-state index in [9.17, 15) is 9.18 Å². The third-order valence-electron chi connectivity index (χ3n) is 4.50. The number of amides is 1. The predicted molar refractivity (Wildman–Crippen MR) is 105 cm³/mol. The molecule has 0 radical (unpaired) electrons. The molecule has 4 rings (SSSR count). The fraction of sp³-hybridized carbons (Fsp3) is 0.200. The van der Waals surface area contributed by atoms with E-state index in [1.807, 2.05) is 12.1 Å². The van der Waals surface area contributed by atoms with Crippen LogP contribution in [0.25, 0.3) is 4.91 Å². The quantitative estimate of drug-likeness (QED) is 0.693. The minimum Gasteiger partial charge on any atom is -0.356 e. The number of nitrogens with one attached hydrogen (secondary N) is 1. The van der Waals surface area contributed by atoms with Crippen LogP contribution in [0.3, 0.4) is 0 Å². The molecule has 2 atom stereocenters. The van der Waals surface area contributed by atoms with Gasteiger partial charge in [0.05, 0.1) is 18.0 Å². The van der Waals surface area contributed by atoms with Crippen LogP contribution in [0, 0.1) is 18.7 Å². The van der Waals surface area contributed by atoms with Crippen molar-refractivity contribution in [3.05, 3.63) is 77.3 Å². The number of allylic oxidation sites excluding steroid dienone is 1. The second kappa shape index (κ2) is 7.55. The van der Waals surface area contributed by atoms with Gasteiger partial charge < -0.3 is 9.84 Å². The Morgan fingerprint density at radius 2 is 2.11 bits per heavy atom. The van der Waals surface area contributed by atoms with Gasteiger partial charge in [-0.25, -0.2) is 9.37 Å². The van der Waals surface area contributed by atoms with Gasteiger partial charge in [0.1, 0.15) is 5.82 Å². The Morgan fingerprint density at radius 3 is 2.79 bits per heavy atom. The van der Waals surface area contributed by atoms with Gasteiger partial charge in [-0.3, -0.25) is 9.78 Å². The number of carbonyl (C=O) groups is 1. The van der Waals surface area contributed by atoms with Crippen LogP contribution in [-0.2, 0) is 0 Å². The monoisotopic (exact) mass is 396 g/mol. The predicted octanol–water partition coefficient (Wildman–Crippen LogP) is 4.63. The Hall–Kier alpha value is -3.00. The van der Waals surface area contributed by atoms with Crippen molar-refractivity contribution in [2.75, 3.05) is 5.32 Å². The maximum Gasteiger partial charge on any atom is 0.260 e. The average molecular weight is 396 g/mol. The van der Waals surface area contributed by atoms with Crippen molar-refractivity contribution in [1.82, 2.24) is 15.1 Å². The lowest BCUT2D eigenvalue weighted by Gasteiger charge is -2.15. The molecule has 3 aromatic rings. The number of pyridine rings is 2. The molecule has 8 heteroatoms. The van der Waals surface area contributed by atoms with Gasteiger partial charge in [-0.05, 0) is 30.0 Å². The molecule has 1 N–H and O–H groups in total. The van der Waals surface area contributed by atoms with Crippen molar-refractivity contribution in [1.29, 1.82) is 0 Å². The van der Waals surface area contributed by atoms with Crippen LogP contribution in [0.2, 0.25) is 0 Å². The molecule has 0 aliphatic carbocycles. The van der Waals surface area contributed by atoms with E-state index < -0.39 is 11.7 Å². The Kier molecular flexibility index (Phi) is 4.95. The van der Waals surface area contributed by atoms with E-state index in [1.54, 1.807) is 37.1 Å². The molecule has 0 saturated carbocycles. The molecule has 3 aromatic heterocycles. The van der Waals surface area contributed by atoms with Crippen LogP contribution in [0.5, 0.6) is 0 Å². The average Bonchev–Trinajstić information content (AvgIpc) is 3.32. The maximum atomic E-state index is 13.9. The minimum absolute atomic E-state index is 0.0262. The van der Waals surface area contributed by atoms with E-state index in [1.165, 1.54) is 6.20 Å². The summed E-state index contributed by atoms with van der Waals surface area (Å²) in [6, 6.07) is 5.48. The van der Waals surface area contributed by atoms with Gasteiger partial charge >= 0.3 is 0 Å². The molecule has 0 aromatic carbocycles. The van der Waals surface area contributed by atoms with E-state index in [2.05, 4.69) is 33.4 Å². The zero-order valence-corrected chi connectivity index (χ0v) is 16.0. The van der Waals surface area contributed by atoms with E-state index in [4.69, 9.17) is 4.52 Å². The number of anilines is 1. The fourth-order valence-corrected chi connectivity index (χ4v) is 4.47. The lowest BCUT2D eigenvalue weighted by Crippen LogP contribution is -2.16. The van der Waals surface area contributed by atoms with Crippen LogP contribution in [-0.4, -0.2) is 21.0 Å². The Labute approximate surface area is 165 Å². The van der Waals surface area contributed by atoms with Crippen molar-refractivity contribution >= 4 is 28.4 Å². The van der Waals surface area contributed by atoms with Gasteiger partial charge in [0.15, 0.2) is 11.6 Å². The highest BCUT2D eigenvalue weighted by Gasteiger charge is 2.29. The molecule has 1 aliphatic rings. The first-order valence-corrected chi connectivity index (χ1v) is 9.58. The molecular weight excluding hydrogens is 379 g/mol. The number of hydrogen-bond acceptors (Lipinski definition) is 6. The number of aryl methyl sites for hydroxylation is 1. The highest BCUT2D eigenvalue weighted by atomic mass is 32.2. The molecular formula is C20H17FN4O2S. The summed E-state index contributed by atoms with van der Waals surface area (Å²) in [4.78, 5) is 21.5. The number of carbonyl (C=O) groups excluding carboxylic acids is 1. The standard InChI is InChI=1S/C20H17FN4O2S/c1-11-7-16(15-5-6-24-27-15)28-19(11)13-3-4-17(23-9-13)25-20(26)18-12(2)8-22-10-14(18)21/h3-11,19H,1-2H3,(H,23,25,26). The first kappa shape index (κ1) is 18.4. The Bertz CT molecular complexity index is 1010. The third-order valence-corrected chi connectivity index (χ3v) is 6.05. The summed E-state index contributed by atoms with van der Waals surface area (Å²) in [5.74, 6) is 0.210. The van der Waals surface area contributed by atoms with Gasteiger partial charge in [0.2, 0.25) is 0 Å². The van der Waals surface area contributed by atoms with Crippen molar-refractivity contribution in [3.8, 4) is 0 Å². The van der Waals surface area contributed by atoms with E-state index in [0.29, 0.717) is 17.3 Å². The zero-order valence-electron chi connectivity index (χ0n) is 15.2. The first-order chi connectivity index (χ1) is 13.5. The summed E-state index contributed by atoms with van der Waals surface area (Å²) in [5.41, 5.74) is 1.48. The van der Waals surface area contributed by atoms with Crippen molar-refractivity contribution in [2.24, 2.45) is 5.92 Å². The number of rotatable bonds is 4. The molecule has 0 bridgehead atoms. The molecule has 0 saturated heterocycles. The topological polar surface area (TPSA) is 80.9 Å². The van der Waals surface area contributed by atoms with Gasteiger partial charge in [0.25, 0.3) is 5.91 Å². The lowest BCUT2D eigenvalue weighted by molar-refractivity contribution is 0.102. The lowest BCUT2D eigenvalue weighted by atomic mass is 10.0. The summed E-state index contributed by atoms with van der Waals surface area (Å²) in [6.45, 7) is 3.77. The SMILES string of the molecule is Cc1cncc(F)c1C(=O)Nc1ccc(C2SC(c3ccno3)=CC2C)cn1. The second-order valence-corrected chi connectivity index (χ2v) is 7.73. The Balaban J connectivity index is 1.47. The second-order valence-electron chi connectivity index (χ2n) is 6.55. The molecule has 4 heterocycles. The van der Waals surface area contributed by atoms with Crippen LogP contribution in [0.1, 0.15) is 39.4 Å². The van der Waals surface area contributed by atoms with Crippen LogP contribution >= 0.6 is 11.8 Å². The molecule has 0 fully saturated rings. The van der Waals surface area contributed by atoms with Gasteiger partial charge in [-0.2, -0.15) is 0 Å². The fourth-order valence-electron chi connectivity index (χ4n) is 3.11. The van der Waals surface area contributed by atoms with Gasteiger partial charge in [-0.15, -0.1) is 11.8 Å². The highest BCUT2D eigenvalue weighted by molar-refractivity contribution is 8.08. The van der Waals surface area contributed by atoms with Crippen LogP contribution in [0.15, 0.2) is 53.6 Å². The molecule has 6 nitrogen and oxygen atoms in total. The van der Waals surface area contributed by atoms with E-state index in [-0.39, 0.29) is 10.8 Å².